The third kappa shape index (κ3) is 4.57. The molecule has 0 bridgehead atoms. The maximum atomic E-state index is 14.8. The summed E-state index contributed by atoms with van der Waals surface area (Å²) in [5, 5.41) is 9.14. The molecule has 1 saturated heterocycles. The predicted octanol–water partition coefficient (Wildman–Crippen LogP) is 1.68. The number of nitrogens with zero attached hydrogens (tertiary/aromatic N) is 2. The number of alkyl halides is 1. The molecule has 1 aromatic heterocycles. The zero-order valence-electron chi connectivity index (χ0n) is 13.6. The van der Waals surface area contributed by atoms with E-state index in [4.69, 9.17) is 19.3 Å². The molecule has 1 aliphatic carbocycles. The van der Waals surface area contributed by atoms with Gasteiger partial charge in [-0.15, -0.1) is 0 Å². The lowest BCUT2D eigenvalue weighted by Crippen LogP contribution is -2.36. The van der Waals surface area contributed by atoms with Gasteiger partial charge in [0, 0.05) is 12.6 Å². The molecule has 0 amide bonds. The predicted molar refractivity (Wildman–Crippen MR) is 85.0 cm³/mol. The summed E-state index contributed by atoms with van der Waals surface area (Å²) in [5.41, 5.74) is 0.117. The number of hydrogen-bond acceptors (Lipinski definition) is 6. The van der Waals surface area contributed by atoms with Crippen molar-refractivity contribution in [1.29, 1.82) is 0 Å². The van der Waals surface area contributed by atoms with Gasteiger partial charge in [-0.25, -0.2) is 14.4 Å². The first kappa shape index (κ1) is 17.4. The zero-order valence-corrected chi connectivity index (χ0v) is 13.6. The van der Waals surface area contributed by atoms with Gasteiger partial charge in [-0.2, -0.15) is 0 Å². The van der Waals surface area contributed by atoms with E-state index >= 15 is 0 Å². The quantitative estimate of drug-likeness (QED) is 0.851. The SMILES string of the molecule is OCc1ccnc(C2=CC[C@@](F)(COC[C@@H]3COCCO3)CC2)n1. The molecular weight excluding hydrogens is 315 g/mol. The normalized spacial score (nSPS) is 27.8. The highest BCUT2D eigenvalue weighted by Crippen LogP contribution is 2.34. The largest absolute Gasteiger partial charge is 0.390 e. The van der Waals surface area contributed by atoms with Gasteiger partial charge in [0.25, 0.3) is 0 Å². The number of aliphatic hydroxyl groups excluding tert-OH is 1. The first-order valence-corrected chi connectivity index (χ1v) is 8.27. The average Bonchev–Trinajstić information content (AvgIpc) is 2.63. The first-order valence-electron chi connectivity index (χ1n) is 8.27. The van der Waals surface area contributed by atoms with Crippen LogP contribution in [-0.2, 0) is 20.8 Å². The fourth-order valence-corrected chi connectivity index (χ4v) is 2.85. The molecule has 2 aliphatic rings. The number of aliphatic hydroxyl groups is 1. The van der Waals surface area contributed by atoms with Crippen LogP contribution < -0.4 is 0 Å². The Morgan fingerprint density at radius 3 is 3.04 bits per heavy atom. The van der Waals surface area contributed by atoms with Crippen LogP contribution in [0.4, 0.5) is 4.39 Å². The molecule has 0 aromatic carbocycles. The summed E-state index contributed by atoms with van der Waals surface area (Å²) >= 11 is 0. The van der Waals surface area contributed by atoms with Crippen LogP contribution in [0.15, 0.2) is 18.3 Å². The van der Waals surface area contributed by atoms with E-state index < -0.39 is 5.67 Å². The Morgan fingerprint density at radius 1 is 1.42 bits per heavy atom. The van der Waals surface area contributed by atoms with Crippen LogP contribution >= 0.6 is 0 Å². The number of halogens is 1. The third-order valence-corrected chi connectivity index (χ3v) is 4.27. The van der Waals surface area contributed by atoms with E-state index in [1.165, 1.54) is 0 Å². The Balaban J connectivity index is 1.51. The topological polar surface area (TPSA) is 73.7 Å². The van der Waals surface area contributed by atoms with Crippen LogP contribution in [-0.4, -0.2) is 59.9 Å². The van der Waals surface area contributed by atoms with Crippen LogP contribution in [0.3, 0.4) is 0 Å². The van der Waals surface area contributed by atoms with Gasteiger partial charge in [0.2, 0.25) is 0 Å². The van der Waals surface area contributed by atoms with Gasteiger partial charge in [-0.1, -0.05) is 6.08 Å². The number of rotatable bonds is 6. The summed E-state index contributed by atoms with van der Waals surface area (Å²) in [6.45, 7) is 1.95. The number of ether oxygens (including phenoxy) is 3. The molecular formula is C17H23FN2O4. The molecule has 7 heteroatoms. The average molecular weight is 338 g/mol. The van der Waals surface area contributed by atoms with Crippen molar-refractivity contribution in [2.45, 2.75) is 37.6 Å². The fraction of sp³-hybridized carbons (Fsp3) is 0.647. The molecule has 1 aromatic rings. The molecule has 1 aliphatic heterocycles. The van der Waals surface area contributed by atoms with E-state index in [-0.39, 0.29) is 25.7 Å². The van der Waals surface area contributed by atoms with Crippen LogP contribution in [0, 0.1) is 0 Å². The van der Waals surface area contributed by atoms with Crippen molar-refractivity contribution < 1.29 is 23.7 Å². The van der Waals surface area contributed by atoms with Gasteiger partial charge in [-0.05, 0) is 24.5 Å². The lowest BCUT2D eigenvalue weighted by atomic mass is 9.87. The second-order valence-corrected chi connectivity index (χ2v) is 6.20. The first-order chi connectivity index (χ1) is 11.7. The number of allylic oxidation sites excluding steroid dienone is 2. The van der Waals surface area contributed by atoms with E-state index in [2.05, 4.69) is 9.97 Å². The van der Waals surface area contributed by atoms with Crippen molar-refractivity contribution in [2.75, 3.05) is 33.0 Å². The maximum Gasteiger partial charge on any atom is 0.155 e. The molecule has 0 spiro atoms. The van der Waals surface area contributed by atoms with E-state index in [9.17, 15) is 4.39 Å². The Kier molecular flexibility index (Phi) is 5.89. The van der Waals surface area contributed by atoms with Crippen LogP contribution in [0.25, 0.3) is 5.57 Å². The maximum absolute atomic E-state index is 14.8. The Hall–Kier alpha value is -1.41. The Bertz CT molecular complexity index is 577. The summed E-state index contributed by atoms with van der Waals surface area (Å²) in [6.07, 6.45) is 4.54. The molecule has 0 saturated carbocycles. The Labute approximate surface area is 140 Å². The monoisotopic (exact) mass is 338 g/mol. The fourth-order valence-electron chi connectivity index (χ4n) is 2.85. The number of hydrogen-bond donors (Lipinski definition) is 1. The lowest BCUT2D eigenvalue weighted by Gasteiger charge is -2.29. The van der Waals surface area contributed by atoms with E-state index in [0.717, 1.165) is 5.57 Å². The van der Waals surface area contributed by atoms with Crippen molar-refractivity contribution >= 4 is 5.57 Å². The summed E-state index contributed by atoms with van der Waals surface area (Å²) in [7, 11) is 0. The minimum atomic E-state index is -1.37. The van der Waals surface area contributed by atoms with Gasteiger partial charge in [0.15, 0.2) is 5.82 Å². The highest BCUT2D eigenvalue weighted by Gasteiger charge is 2.33. The Morgan fingerprint density at radius 2 is 2.33 bits per heavy atom. The second kappa shape index (κ2) is 8.11. The summed E-state index contributed by atoms with van der Waals surface area (Å²) in [6, 6.07) is 1.66. The van der Waals surface area contributed by atoms with Crippen LogP contribution in [0.2, 0.25) is 0 Å². The van der Waals surface area contributed by atoms with Crippen molar-refractivity contribution in [2.24, 2.45) is 0 Å². The smallest absolute Gasteiger partial charge is 0.155 e. The molecule has 24 heavy (non-hydrogen) atoms. The highest BCUT2D eigenvalue weighted by atomic mass is 19.1. The molecule has 0 radical (unpaired) electrons. The summed E-state index contributed by atoms with van der Waals surface area (Å²) < 4.78 is 31.1. The van der Waals surface area contributed by atoms with E-state index in [1.807, 2.05) is 6.08 Å². The molecule has 1 fully saturated rings. The van der Waals surface area contributed by atoms with Crippen molar-refractivity contribution in [1.82, 2.24) is 9.97 Å². The highest BCUT2D eigenvalue weighted by molar-refractivity contribution is 5.61. The van der Waals surface area contributed by atoms with Gasteiger partial charge in [0.05, 0.1) is 45.3 Å². The van der Waals surface area contributed by atoms with Crippen molar-refractivity contribution in [3.63, 3.8) is 0 Å². The zero-order chi connectivity index (χ0) is 16.8. The summed E-state index contributed by atoms with van der Waals surface area (Å²) in [4.78, 5) is 8.48. The molecule has 6 nitrogen and oxygen atoms in total. The number of aromatic nitrogens is 2. The molecule has 2 atom stereocenters. The molecule has 0 unspecified atom stereocenters. The summed E-state index contributed by atoms with van der Waals surface area (Å²) in [5.74, 6) is 0.567. The van der Waals surface area contributed by atoms with E-state index in [0.29, 0.717) is 50.8 Å². The van der Waals surface area contributed by atoms with Crippen LogP contribution in [0.5, 0.6) is 0 Å². The van der Waals surface area contributed by atoms with Gasteiger partial charge in [0.1, 0.15) is 11.8 Å². The molecule has 2 heterocycles. The minimum absolute atomic E-state index is 0.0498. The molecule has 132 valence electrons. The van der Waals surface area contributed by atoms with Gasteiger partial charge in [-0.3, -0.25) is 0 Å². The van der Waals surface area contributed by atoms with Gasteiger partial charge >= 0.3 is 0 Å². The van der Waals surface area contributed by atoms with E-state index in [1.54, 1.807) is 12.3 Å². The van der Waals surface area contributed by atoms with Gasteiger partial charge < -0.3 is 19.3 Å². The minimum Gasteiger partial charge on any atom is -0.390 e. The third-order valence-electron chi connectivity index (χ3n) is 4.27. The second-order valence-electron chi connectivity index (χ2n) is 6.20. The molecule has 1 N–H and O–H groups in total. The van der Waals surface area contributed by atoms with Crippen LogP contribution in [0.1, 0.15) is 30.8 Å². The standard InChI is InChI=1S/C17H23FN2O4/c18-17(12-23-11-15-10-22-7-8-24-15)4-1-13(2-5-17)16-19-6-3-14(9-21)20-16/h1,3,6,15,21H,2,4-5,7-12H2/t15-,17-/m0/s1. The lowest BCUT2D eigenvalue weighted by molar-refractivity contribution is -0.123. The van der Waals surface area contributed by atoms with Crippen molar-refractivity contribution in [3.8, 4) is 0 Å². The molecule has 3 rings (SSSR count). The van der Waals surface area contributed by atoms with Crippen molar-refractivity contribution in [3.05, 3.63) is 29.9 Å².